The Morgan fingerprint density at radius 2 is 1.83 bits per heavy atom. The molecule has 1 aromatic carbocycles. The number of carbonyl (C=O) groups is 1. The van der Waals surface area contributed by atoms with Gasteiger partial charge in [-0.25, -0.2) is 15.0 Å². The van der Waals surface area contributed by atoms with Crippen LogP contribution in [0.2, 0.25) is 0 Å². The summed E-state index contributed by atoms with van der Waals surface area (Å²) in [7, 11) is 1.71. The van der Waals surface area contributed by atoms with E-state index in [9.17, 15) is 4.79 Å². The van der Waals surface area contributed by atoms with Gasteiger partial charge in [-0.05, 0) is 36.6 Å². The molecule has 1 aliphatic heterocycles. The summed E-state index contributed by atoms with van der Waals surface area (Å²) < 4.78 is 0. The Morgan fingerprint density at radius 1 is 1.12 bits per heavy atom. The zero-order valence-corrected chi connectivity index (χ0v) is 25.7. The number of amides is 1. The zero-order chi connectivity index (χ0) is 30.6. The van der Waals surface area contributed by atoms with Crippen molar-refractivity contribution >= 4 is 45.9 Å². The van der Waals surface area contributed by atoms with Crippen LogP contribution >= 0.6 is 0 Å². The van der Waals surface area contributed by atoms with E-state index in [0.717, 1.165) is 38.3 Å². The third-order valence-electron chi connectivity index (χ3n) is 7.14. The second-order valence-corrected chi connectivity index (χ2v) is 12.1. The van der Waals surface area contributed by atoms with Crippen LogP contribution in [0.25, 0.3) is 11.0 Å². The number of benzene rings is 1. The Kier molecular flexibility index (Phi) is 9.25. The van der Waals surface area contributed by atoms with E-state index in [1.54, 1.807) is 25.3 Å². The summed E-state index contributed by atoms with van der Waals surface area (Å²) in [5, 5.41) is 17.5. The summed E-state index contributed by atoms with van der Waals surface area (Å²) in [5.41, 5.74) is 9.43. The van der Waals surface area contributed by atoms with E-state index in [1.807, 2.05) is 33.8 Å². The molecule has 1 aliphatic rings. The Labute approximate surface area is 247 Å². The largest absolute Gasteiger partial charge is 0.382 e. The maximum absolute atomic E-state index is 13.2. The number of nitrogen functional groups attached to an aromatic ring is 1. The molecule has 1 amide bonds. The lowest BCUT2D eigenvalue weighted by Crippen LogP contribution is -2.48. The molecule has 0 spiro atoms. The molecule has 0 atom stereocenters. The van der Waals surface area contributed by atoms with Gasteiger partial charge >= 0.3 is 0 Å². The molecule has 0 radical (unpaired) electrons. The maximum Gasteiger partial charge on any atom is 0.256 e. The van der Waals surface area contributed by atoms with Gasteiger partial charge in [-0.1, -0.05) is 40.7 Å². The number of piperazine rings is 1. The maximum atomic E-state index is 13.2. The normalized spacial score (nSPS) is 14.8. The van der Waals surface area contributed by atoms with Crippen LogP contribution in [0.1, 0.15) is 50.5 Å². The lowest BCUT2D eigenvalue weighted by molar-refractivity contribution is 0.0963. The molecule has 1 saturated heterocycles. The Bertz CT molecular complexity index is 1480. The third kappa shape index (κ3) is 7.30. The Hall–Kier alpha value is -4.32. The average molecular weight is 574 g/mol. The van der Waals surface area contributed by atoms with Gasteiger partial charge < -0.3 is 32.0 Å². The number of aryl methyl sites for hydroxylation is 1. The SMILES string of the molecule is CN/C(=C\C(=N)C(C)(C)C)NC(=O)c1ccc(C)c(Nc2ncnc3c(N)nc(N4CCN(CC(C)C)CC4)nc23)c1. The summed E-state index contributed by atoms with van der Waals surface area (Å²) in [6, 6.07) is 5.39. The fourth-order valence-corrected chi connectivity index (χ4v) is 4.59. The van der Waals surface area contributed by atoms with Crippen LogP contribution in [0, 0.1) is 23.7 Å². The van der Waals surface area contributed by atoms with Gasteiger partial charge in [-0.3, -0.25) is 9.69 Å². The molecule has 0 saturated carbocycles. The van der Waals surface area contributed by atoms with E-state index in [0.29, 0.717) is 57.3 Å². The van der Waals surface area contributed by atoms with E-state index in [-0.39, 0.29) is 11.3 Å². The minimum absolute atomic E-state index is 0.294. The first-order valence-electron chi connectivity index (χ1n) is 14.3. The van der Waals surface area contributed by atoms with Crippen molar-refractivity contribution in [2.24, 2.45) is 11.3 Å². The summed E-state index contributed by atoms with van der Waals surface area (Å²) in [5.74, 6) is 2.08. The van der Waals surface area contributed by atoms with Crippen LogP contribution in [-0.4, -0.2) is 76.2 Å². The van der Waals surface area contributed by atoms with E-state index < -0.39 is 0 Å². The van der Waals surface area contributed by atoms with Gasteiger partial charge in [0.05, 0.1) is 0 Å². The second-order valence-electron chi connectivity index (χ2n) is 12.1. The van der Waals surface area contributed by atoms with Crippen molar-refractivity contribution < 1.29 is 4.79 Å². The molecule has 12 nitrogen and oxygen atoms in total. The van der Waals surface area contributed by atoms with Crippen molar-refractivity contribution in [2.45, 2.75) is 41.5 Å². The van der Waals surface area contributed by atoms with Crippen LogP contribution in [0.3, 0.4) is 0 Å². The van der Waals surface area contributed by atoms with Gasteiger partial charge in [0.1, 0.15) is 23.2 Å². The molecule has 2 aromatic heterocycles. The predicted octanol–water partition coefficient (Wildman–Crippen LogP) is 3.69. The topological polar surface area (TPSA) is 161 Å². The molecule has 0 unspecified atom stereocenters. The minimum atomic E-state index is -0.344. The van der Waals surface area contributed by atoms with E-state index in [2.05, 4.69) is 54.5 Å². The van der Waals surface area contributed by atoms with E-state index >= 15 is 0 Å². The van der Waals surface area contributed by atoms with Gasteiger partial charge in [-0.2, -0.15) is 4.98 Å². The van der Waals surface area contributed by atoms with E-state index in [1.165, 1.54) is 6.33 Å². The zero-order valence-electron chi connectivity index (χ0n) is 25.7. The number of aromatic nitrogens is 4. The first-order valence-corrected chi connectivity index (χ1v) is 14.3. The Morgan fingerprint density at radius 3 is 2.48 bits per heavy atom. The third-order valence-corrected chi connectivity index (χ3v) is 7.14. The molecule has 4 rings (SSSR count). The van der Waals surface area contributed by atoms with E-state index in [4.69, 9.17) is 16.1 Å². The standard InChI is InChI=1S/C30H43N11O/c1-18(2)16-40-10-12-41(13-11-40)29-38-25-24(26(32)39-29)34-17-35-27(25)36-21-14-20(9-8-19(21)3)28(42)37-23(33-7)15-22(31)30(4,5)6/h8-9,14-15,17-18,31,33H,10-13,16H2,1-7H3,(H,37,42)(H2,32,38,39)(H,34,35,36)/b23-15+,31-22?. The minimum Gasteiger partial charge on any atom is -0.382 e. The number of nitrogens with two attached hydrogens (primary N) is 1. The highest BCUT2D eigenvalue weighted by atomic mass is 16.1. The monoisotopic (exact) mass is 573 g/mol. The van der Waals surface area contributed by atoms with Crippen molar-refractivity contribution in [1.29, 1.82) is 5.41 Å². The number of fused-ring (bicyclic) bond motifs is 1. The molecular weight excluding hydrogens is 530 g/mol. The summed E-state index contributed by atoms with van der Waals surface area (Å²) in [4.78, 5) is 36.0. The Balaban J connectivity index is 1.58. The predicted molar refractivity (Wildman–Crippen MR) is 169 cm³/mol. The lowest BCUT2D eigenvalue weighted by atomic mass is 9.90. The molecule has 1 fully saturated rings. The fourth-order valence-electron chi connectivity index (χ4n) is 4.59. The van der Waals surface area contributed by atoms with Gasteiger partial charge in [0.2, 0.25) is 5.95 Å². The summed E-state index contributed by atoms with van der Waals surface area (Å²) in [6.45, 7) is 16.8. The van der Waals surface area contributed by atoms with Crippen LogP contribution in [-0.2, 0) is 0 Å². The first kappa shape index (κ1) is 30.6. The molecular formula is C30H43N11O. The summed E-state index contributed by atoms with van der Waals surface area (Å²) >= 11 is 0. The highest BCUT2D eigenvalue weighted by Crippen LogP contribution is 2.28. The molecule has 0 aliphatic carbocycles. The van der Waals surface area contributed by atoms with Gasteiger partial charge in [0.25, 0.3) is 5.91 Å². The number of hydrogen-bond acceptors (Lipinski definition) is 11. The van der Waals surface area contributed by atoms with Crippen molar-refractivity contribution in [3.8, 4) is 0 Å². The number of rotatable bonds is 9. The second kappa shape index (κ2) is 12.7. The number of nitrogens with zero attached hydrogens (tertiary/aromatic N) is 6. The van der Waals surface area contributed by atoms with Crippen molar-refractivity contribution in [3.63, 3.8) is 0 Å². The van der Waals surface area contributed by atoms with Crippen LogP contribution in [0.15, 0.2) is 36.4 Å². The van der Waals surface area contributed by atoms with Gasteiger partial charge in [0, 0.05) is 62.1 Å². The highest BCUT2D eigenvalue weighted by Gasteiger charge is 2.22. The molecule has 3 aromatic rings. The first-order chi connectivity index (χ1) is 19.8. The number of carbonyl (C=O) groups excluding carboxylic acids is 1. The average Bonchev–Trinajstić information content (AvgIpc) is 2.93. The van der Waals surface area contributed by atoms with Crippen molar-refractivity contribution in [3.05, 3.63) is 47.6 Å². The number of nitrogens with one attached hydrogen (secondary N) is 4. The lowest BCUT2D eigenvalue weighted by Gasteiger charge is -2.35. The number of anilines is 4. The van der Waals surface area contributed by atoms with Gasteiger partial charge in [0.15, 0.2) is 11.6 Å². The van der Waals surface area contributed by atoms with Crippen LogP contribution < -0.4 is 26.6 Å². The molecule has 0 bridgehead atoms. The van der Waals surface area contributed by atoms with Crippen LogP contribution in [0.4, 0.5) is 23.3 Å². The van der Waals surface area contributed by atoms with Crippen LogP contribution in [0.5, 0.6) is 0 Å². The van der Waals surface area contributed by atoms with Crippen molar-refractivity contribution in [1.82, 2.24) is 35.5 Å². The quantitative estimate of drug-likeness (QED) is 0.239. The fraction of sp³-hybridized carbons (Fsp3) is 0.467. The summed E-state index contributed by atoms with van der Waals surface area (Å²) in [6.07, 6.45) is 3.05. The molecule has 42 heavy (non-hydrogen) atoms. The highest BCUT2D eigenvalue weighted by molar-refractivity contribution is 6.00. The molecule has 6 N–H and O–H groups in total. The smallest absolute Gasteiger partial charge is 0.256 e. The number of allylic oxidation sites excluding steroid dienone is 1. The number of hydrogen-bond donors (Lipinski definition) is 5. The van der Waals surface area contributed by atoms with Crippen molar-refractivity contribution in [2.75, 3.05) is 55.7 Å². The molecule has 12 heteroatoms. The molecule has 224 valence electrons. The van der Waals surface area contributed by atoms with Gasteiger partial charge in [-0.15, -0.1) is 0 Å². The molecule has 3 heterocycles.